The van der Waals surface area contributed by atoms with Crippen LogP contribution >= 0.6 is 0 Å². The summed E-state index contributed by atoms with van der Waals surface area (Å²) in [5.74, 6) is 0. The third kappa shape index (κ3) is 1.73. The van der Waals surface area contributed by atoms with Crippen molar-refractivity contribution < 1.29 is 4.58 Å². The second-order valence-corrected chi connectivity index (χ2v) is 3.81. The van der Waals surface area contributed by atoms with E-state index in [1.807, 2.05) is 0 Å². The average Bonchev–Trinajstić information content (AvgIpc) is 2.58. The number of fused-ring (bicyclic) bond motifs is 1. The van der Waals surface area contributed by atoms with E-state index in [-0.39, 0.29) is 0 Å². The van der Waals surface area contributed by atoms with Gasteiger partial charge in [-0.15, -0.1) is 0 Å². The van der Waals surface area contributed by atoms with Crippen molar-refractivity contribution in [3.63, 3.8) is 0 Å². The Balaban J connectivity index is 2.16. The third-order valence-electron chi connectivity index (χ3n) is 2.41. The molecule has 1 heterocycles. The van der Waals surface area contributed by atoms with Gasteiger partial charge in [-0.3, -0.25) is 0 Å². The maximum Gasteiger partial charge on any atom is 0.208 e. The molecule has 2 rings (SSSR count). The van der Waals surface area contributed by atoms with E-state index in [9.17, 15) is 0 Å². The summed E-state index contributed by atoms with van der Waals surface area (Å²) in [6.45, 7) is 1.13. The molecule has 1 aliphatic heterocycles. The number of para-hydroxylation sites is 1. The summed E-state index contributed by atoms with van der Waals surface area (Å²) in [5.41, 5.74) is 2.85. The van der Waals surface area contributed by atoms with Crippen molar-refractivity contribution >= 4 is 22.1 Å². The molecule has 0 aromatic heterocycles. The molecule has 0 N–H and O–H groups in total. The number of rotatable bonds is 3. The van der Waals surface area contributed by atoms with Crippen molar-refractivity contribution in [2.24, 2.45) is 0 Å². The smallest absolute Gasteiger partial charge is 0.202 e. The van der Waals surface area contributed by atoms with Crippen LogP contribution in [0.2, 0.25) is 6.04 Å². The van der Waals surface area contributed by atoms with Crippen LogP contribution < -0.4 is 0 Å². The summed E-state index contributed by atoms with van der Waals surface area (Å²) < 4.78 is 2.36. The van der Waals surface area contributed by atoms with E-state index >= 15 is 0 Å². The van der Waals surface area contributed by atoms with E-state index in [0.717, 1.165) is 19.0 Å². The molecule has 0 spiro atoms. The monoisotopic (exact) mass is 187 g/mol. The van der Waals surface area contributed by atoms with E-state index in [1.54, 1.807) is 0 Å². The molecule has 0 bridgehead atoms. The van der Waals surface area contributed by atoms with Crippen molar-refractivity contribution in [1.82, 2.24) is 0 Å². The van der Waals surface area contributed by atoms with Crippen LogP contribution in [-0.2, 0) is 6.42 Å². The first-order valence-electron chi connectivity index (χ1n) is 4.74. The summed E-state index contributed by atoms with van der Waals surface area (Å²) in [7, 11) is 3.50. The summed E-state index contributed by atoms with van der Waals surface area (Å²) >= 11 is 0. The molecule has 0 aliphatic carbocycles. The topological polar surface area (TPSA) is 3.01 Å². The fraction of sp³-hybridized carbons (Fsp3) is 0.364. The van der Waals surface area contributed by atoms with Gasteiger partial charge in [-0.1, -0.05) is 24.2 Å². The molecule has 0 atom stereocenters. The molecule has 0 fully saturated rings. The summed E-state index contributed by atoms with van der Waals surface area (Å²) in [6.07, 6.45) is 4.58. The van der Waals surface area contributed by atoms with Gasteiger partial charge in [-0.25, -0.2) is 4.58 Å². The molecule has 0 saturated carbocycles. The van der Waals surface area contributed by atoms with Crippen LogP contribution in [0.25, 0.3) is 0 Å². The molecule has 13 heavy (non-hydrogen) atoms. The molecule has 2 heteroatoms. The largest absolute Gasteiger partial charge is 0.208 e. The van der Waals surface area contributed by atoms with Gasteiger partial charge < -0.3 is 0 Å². The van der Waals surface area contributed by atoms with E-state index in [0.29, 0.717) is 0 Å². The van der Waals surface area contributed by atoms with Gasteiger partial charge in [0, 0.05) is 28.3 Å². The molecule has 0 amide bonds. The van der Waals surface area contributed by atoms with Gasteiger partial charge >= 0.3 is 0 Å². The lowest BCUT2D eigenvalue weighted by molar-refractivity contribution is -0.432. The molecule has 0 saturated heterocycles. The standard InChI is InChI=1S/C11H13NSi/c13-9-3-7-12-8-6-10-4-1-2-5-11(10)12/h1-2,4-5,8H,3,6-7,9H2/q+1. The highest BCUT2D eigenvalue weighted by Gasteiger charge is 2.19. The van der Waals surface area contributed by atoms with Crippen LogP contribution in [0.5, 0.6) is 0 Å². The molecule has 0 unspecified atom stereocenters. The summed E-state index contributed by atoms with van der Waals surface area (Å²) in [6, 6.07) is 9.71. The fourth-order valence-corrected chi connectivity index (χ4v) is 1.89. The molecule has 65 valence electrons. The van der Waals surface area contributed by atoms with Crippen molar-refractivity contribution in [3.8, 4) is 0 Å². The SMILES string of the molecule is [Si]CCC[N+]1=CCc2ccccc21. The lowest BCUT2D eigenvalue weighted by Crippen LogP contribution is -2.04. The Morgan fingerprint density at radius 2 is 2.15 bits per heavy atom. The minimum Gasteiger partial charge on any atom is -0.202 e. The van der Waals surface area contributed by atoms with Crippen molar-refractivity contribution in [2.75, 3.05) is 6.54 Å². The van der Waals surface area contributed by atoms with E-state index < -0.39 is 0 Å². The number of nitrogens with zero attached hydrogens (tertiary/aromatic N) is 1. The Kier molecular flexibility index (Phi) is 2.59. The lowest BCUT2D eigenvalue weighted by atomic mass is 10.1. The normalized spacial score (nSPS) is 14.1. The third-order valence-corrected chi connectivity index (χ3v) is 2.76. The van der Waals surface area contributed by atoms with Crippen LogP contribution in [0, 0.1) is 0 Å². The first-order chi connectivity index (χ1) is 6.42. The minimum atomic E-state index is 1.08. The molecular formula is C11H13NSi+. The van der Waals surface area contributed by atoms with Gasteiger partial charge in [0.05, 0.1) is 6.42 Å². The maximum atomic E-state index is 3.50. The average molecular weight is 187 g/mol. The predicted molar refractivity (Wildman–Crippen MR) is 56.2 cm³/mol. The lowest BCUT2D eigenvalue weighted by Gasteiger charge is -1.98. The molecule has 1 aliphatic rings. The van der Waals surface area contributed by atoms with Crippen LogP contribution in [-0.4, -0.2) is 27.6 Å². The van der Waals surface area contributed by atoms with Crippen molar-refractivity contribution in [3.05, 3.63) is 29.8 Å². The van der Waals surface area contributed by atoms with E-state index in [1.165, 1.54) is 17.7 Å². The van der Waals surface area contributed by atoms with Gasteiger partial charge in [-0.2, -0.15) is 0 Å². The van der Waals surface area contributed by atoms with Gasteiger partial charge in [0.15, 0.2) is 0 Å². The Morgan fingerprint density at radius 3 is 3.00 bits per heavy atom. The zero-order valence-corrected chi connectivity index (χ0v) is 8.66. The van der Waals surface area contributed by atoms with Crippen molar-refractivity contribution in [1.29, 1.82) is 0 Å². The van der Waals surface area contributed by atoms with Crippen LogP contribution in [0.15, 0.2) is 24.3 Å². The van der Waals surface area contributed by atoms with Crippen LogP contribution in [0.1, 0.15) is 12.0 Å². The van der Waals surface area contributed by atoms with Crippen LogP contribution in [0.4, 0.5) is 5.69 Å². The number of benzene rings is 1. The molecule has 1 aromatic rings. The second-order valence-electron chi connectivity index (χ2n) is 3.31. The summed E-state index contributed by atoms with van der Waals surface area (Å²) in [5, 5.41) is 0. The Labute approximate surface area is 82.5 Å². The van der Waals surface area contributed by atoms with Crippen molar-refractivity contribution in [2.45, 2.75) is 18.9 Å². The maximum absolute atomic E-state index is 3.50. The quantitative estimate of drug-likeness (QED) is 0.502. The van der Waals surface area contributed by atoms with Gasteiger partial charge in [0.1, 0.15) is 12.8 Å². The number of hydrogen-bond acceptors (Lipinski definition) is 0. The number of hydrogen-bond donors (Lipinski definition) is 0. The van der Waals surface area contributed by atoms with E-state index in [4.69, 9.17) is 0 Å². The zero-order chi connectivity index (χ0) is 9.10. The Hall–Kier alpha value is -0.893. The van der Waals surface area contributed by atoms with Gasteiger partial charge in [0.2, 0.25) is 5.69 Å². The van der Waals surface area contributed by atoms with Gasteiger partial charge in [-0.05, 0) is 0 Å². The zero-order valence-electron chi connectivity index (χ0n) is 7.66. The highest BCUT2D eigenvalue weighted by molar-refractivity contribution is 6.08. The minimum absolute atomic E-state index is 1.08. The molecular weight excluding hydrogens is 174 g/mol. The Morgan fingerprint density at radius 1 is 1.31 bits per heavy atom. The van der Waals surface area contributed by atoms with Gasteiger partial charge in [0.25, 0.3) is 0 Å². The van der Waals surface area contributed by atoms with E-state index in [2.05, 4.69) is 45.3 Å². The first-order valence-corrected chi connectivity index (χ1v) is 5.45. The molecule has 1 nitrogen and oxygen atoms in total. The Bertz CT molecular complexity index is 331. The fourth-order valence-electron chi connectivity index (χ4n) is 1.73. The first kappa shape index (κ1) is 8.69. The highest BCUT2D eigenvalue weighted by Crippen LogP contribution is 2.22. The highest BCUT2D eigenvalue weighted by atomic mass is 28.1. The second kappa shape index (κ2) is 3.88. The molecule has 3 radical (unpaired) electrons. The summed E-state index contributed by atoms with van der Waals surface area (Å²) in [4.78, 5) is 0. The predicted octanol–water partition coefficient (Wildman–Crippen LogP) is 1.93. The van der Waals surface area contributed by atoms with Crippen LogP contribution in [0.3, 0.4) is 0 Å². The molecule has 1 aromatic carbocycles.